The number of carbonyl (C=O) groups is 3. The second kappa shape index (κ2) is 18.3. The summed E-state index contributed by atoms with van der Waals surface area (Å²) in [6.45, 7) is 5.14. The Morgan fingerprint density at radius 1 is 0.692 bits per heavy atom. The highest BCUT2D eigenvalue weighted by atomic mass is 16.6. The molecule has 0 spiro atoms. The van der Waals surface area contributed by atoms with Crippen LogP contribution in [-0.2, 0) is 33.3 Å². The molecule has 0 aliphatic heterocycles. The average Bonchev–Trinajstić information content (AvgIpc) is 2.62. The Kier molecular flexibility index (Phi) is 17.2. The maximum Gasteiger partial charge on any atom is 0.372 e. The summed E-state index contributed by atoms with van der Waals surface area (Å²) in [4.78, 5) is 32.3. The van der Waals surface area contributed by atoms with Crippen LogP contribution >= 0.6 is 0 Å². The number of aliphatic carboxylic acids is 1. The van der Waals surface area contributed by atoms with Crippen molar-refractivity contribution < 1.29 is 38.4 Å². The predicted octanol–water partition coefficient (Wildman–Crippen LogP) is 1.98. The first-order valence-corrected chi connectivity index (χ1v) is 9.23. The highest BCUT2D eigenvalue weighted by molar-refractivity contribution is 6.32. The molecule has 0 atom stereocenters. The minimum Gasteiger partial charge on any atom is -0.476 e. The summed E-state index contributed by atoms with van der Waals surface area (Å²) in [7, 11) is 0. The van der Waals surface area contributed by atoms with E-state index in [1.54, 1.807) is 0 Å². The van der Waals surface area contributed by atoms with Crippen LogP contribution in [-0.4, -0.2) is 69.1 Å². The maximum atomic E-state index is 11.2. The summed E-state index contributed by atoms with van der Waals surface area (Å²) in [6.07, 6.45) is 5.50. The van der Waals surface area contributed by atoms with Gasteiger partial charge in [0.2, 0.25) is 5.78 Å². The van der Waals surface area contributed by atoms with Crippen LogP contribution < -0.4 is 0 Å². The van der Waals surface area contributed by atoms with Crippen molar-refractivity contribution in [3.63, 3.8) is 0 Å². The van der Waals surface area contributed by atoms with Gasteiger partial charge in [0.1, 0.15) is 6.61 Å². The molecule has 0 fully saturated rings. The Balaban J connectivity index is 3.20. The van der Waals surface area contributed by atoms with Gasteiger partial charge < -0.3 is 24.1 Å². The Morgan fingerprint density at radius 3 is 1.81 bits per heavy atom. The lowest BCUT2D eigenvalue weighted by atomic mass is 10.2. The Labute approximate surface area is 155 Å². The minimum atomic E-state index is -1.54. The van der Waals surface area contributed by atoms with Gasteiger partial charge in [-0.2, -0.15) is 0 Å². The van der Waals surface area contributed by atoms with Crippen molar-refractivity contribution in [2.45, 2.75) is 51.9 Å². The van der Waals surface area contributed by atoms with Crippen LogP contribution in [0.25, 0.3) is 0 Å². The third-order valence-corrected chi connectivity index (χ3v) is 3.42. The zero-order valence-corrected chi connectivity index (χ0v) is 15.7. The number of rotatable bonds is 19. The monoisotopic (exact) mass is 376 g/mol. The third kappa shape index (κ3) is 17.3. The van der Waals surface area contributed by atoms with Gasteiger partial charge in [0.05, 0.1) is 39.5 Å². The molecule has 0 saturated heterocycles. The molecule has 0 amide bonds. The number of hydrogen-bond donors (Lipinski definition) is 1. The van der Waals surface area contributed by atoms with Gasteiger partial charge in [-0.25, -0.2) is 4.79 Å². The topological polar surface area (TPSA) is 108 Å². The Bertz CT molecular complexity index is 383. The van der Waals surface area contributed by atoms with Gasteiger partial charge >= 0.3 is 11.9 Å². The molecule has 0 saturated carbocycles. The molecular weight excluding hydrogens is 344 g/mol. The lowest BCUT2D eigenvalue weighted by Gasteiger charge is -2.07. The molecule has 0 rings (SSSR count). The van der Waals surface area contributed by atoms with Crippen LogP contribution in [0, 0.1) is 0 Å². The smallest absolute Gasteiger partial charge is 0.372 e. The lowest BCUT2D eigenvalue weighted by Crippen LogP contribution is -2.17. The zero-order chi connectivity index (χ0) is 19.5. The Hall–Kier alpha value is -1.51. The number of ether oxygens (including phenoxy) is 4. The van der Waals surface area contributed by atoms with E-state index < -0.39 is 17.7 Å². The van der Waals surface area contributed by atoms with Gasteiger partial charge in [0, 0.05) is 13.0 Å². The number of esters is 1. The molecule has 26 heavy (non-hydrogen) atoms. The normalized spacial score (nSPS) is 10.7. The fraction of sp³-hybridized carbons (Fsp3) is 0.833. The van der Waals surface area contributed by atoms with Crippen LogP contribution in [0.2, 0.25) is 0 Å². The molecule has 0 aromatic carbocycles. The van der Waals surface area contributed by atoms with Crippen molar-refractivity contribution in [2.75, 3.05) is 46.2 Å². The summed E-state index contributed by atoms with van der Waals surface area (Å²) in [6, 6.07) is 0. The van der Waals surface area contributed by atoms with Crippen molar-refractivity contribution >= 4 is 17.7 Å². The van der Waals surface area contributed by atoms with Gasteiger partial charge in [-0.1, -0.05) is 32.6 Å². The SMILES string of the molecule is CCCCCCCOCCOCCOCCOC(=O)CCC(=O)C(=O)O. The van der Waals surface area contributed by atoms with Crippen LogP contribution in [0.1, 0.15) is 51.9 Å². The van der Waals surface area contributed by atoms with E-state index in [0.717, 1.165) is 13.0 Å². The van der Waals surface area contributed by atoms with Gasteiger partial charge in [0.25, 0.3) is 0 Å². The zero-order valence-electron chi connectivity index (χ0n) is 15.7. The largest absolute Gasteiger partial charge is 0.476 e. The second-order valence-corrected chi connectivity index (χ2v) is 5.70. The van der Waals surface area contributed by atoms with E-state index in [4.69, 9.17) is 24.1 Å². The van der Waals surface area contributed by atoms with Crippen molar-refractivity contribution in [3.8, 4) is 0 Å². The predicted molar refractivity (Wildman–Crippen MR) is 94.1 cm³/mol. The van der Waals surface area contributed by atoms with Gasteiger partial charge in [-0.15, -0.1) is 0 Å². The molecular formula is C18H32O8. The number of hydrogen-bond acceptors (Lipinski definition) is 7. The fourth-order valence-corrected chi connectivity index (χ4v) is 1.96. The van der Waals surface area contributed by atoms with Crippen molar-refractivity contribution in [2.24, 2.45) is 0 Å². The van der Waals surface area contributed by atoms with Crippen LogP contribution in [0.5, 0.6) is 0 Å². The minimum absolute atomic E-state index is 0.0568. The van der Waals surface area contributed by atoms with Gasteiger partial charge in [0.15, 0.2) is 0 Å². The summed E-state index contributed by atoms with van der Waals surface area (Å²) in [5, 5.41) is 8.37. The highest BCUT2D eigenvalue weighted by Gasteiger charge is 2.13. The number of Topliss-reactive ketones (excluding diaryl/α,β-unsaturated/α-hetero) is 1. The molecule has 0 heterocycles. The summed E-state index contributed by atoms with van der Waals surface area (Å²) in [5.74, 6) is -3.17. The number of ketones is 1. The molecule has 8 heteroatoms. The lowest BCUT2D eigenvalue weighted by molar-refractivity contribution is -0.151. The van der Waals surface area contributed by atoms with E-state index in [2.05, 4.69) is 6.92 Å². The van der Waals surface area contributed by atoms with E-state index in [1.165, 1.54) is 25.7 Å². The van der Waals surface area contributed by atoms with Gasteiger partial charge in [-0.05, 0) is 6.42 Å². The molecule has 0 bridgehead atoms. The molecule has 152 valence electrons. The molecule has 0 aromatic heterocycles. The van der Waals surface area contributed by atoms with E-state index in [1.807, 2.05) is 0 Å². The fourth-order valence-electron chi connectivity index (χ4n) is 1.96. The number of carboxylic acids is 1. The summed E-state index contributed by atoms with van der Waals surface area (Å²) >= 11 is 0. The maximum absolute atomic E-state index is 11.2. The standard InChI is InChI=1S/C18H32O8/c1-2-3-4-5-6-9-23-10-11-24-12-13-25-14-15-26-17(20)8-7-16(19)18(21)22/h2-15H2,1H3,(H,21,22). The molecule has 8 nitrogen and oxygen atoms in total. The van der Waals surface area contributed by atoms with Crippen LogP contribution in [0.4, 0.5) is 0 Å². The number of unbranched alkanes of at least 4 members (excludes halogenated alkanes) is 4. The Morgan fingerprint density at radius 2 is 1.23 bits per heavy atom. The number of carboxylic acid groups (broad SMARTS) is 1. The number of carbonyl (C=O) groups excluding carboxylic acids is 2. The van der Waals surface area contributed by atoms with E-state index in [-0.39, 0.29) is 26.1 Å². The van der Waals surface area contributed by atoms with Gasteiger partial charge in [-0.3, -0.25) is 9.59 Å². The summed E-state index contributed by atoms with van der Waals surface area (Å²) < 4.78 is 20.8. The quantitative estimate of drug-likeness (QED) is 0.207. The molecule has 0 radical (unpaired) electrons. The summed E-state index contributed by atoms with van der Waals surface area (Å²) in [5.41, 5.74) is 0. The molecule has 0 aliphatic carbocycles. The van der Waals surface area contributed by atoms with Crippen molar-refractivity contribution in [3.05, 3.63) is 0 Å². The van der Waals surface area contributed by atoms with Crippen LogP contribution in [0.3, 0.4) is 0 Å². The van der Waals surface area contributed by atoms with Crippen molar-refractivity contribution in [1.29, 1.82) is 0 Å². The first kappa shape index (κ1) is 24.5. The first-order valence-electron chi connectivity index (χ1n) is 9.23. The van der Waals surface area contributed by atoms with E-state index >= 15 is 0 Å². The average molecular weight is 376 g/mol. The van der Waals surface area contributed by atoms with E-state index in [9.17, 15) is 14.4 Å². The molecule has 0 aliphatic rings. The van der Waals surface area contributed by atoms with Crippen LogP contribution in [0.15, 0.2) is 0 Å². The molecule has 1 N–H and O–H groups in total. The van der Waals surface area contributed by atoms with Crippen molar-refractivity contribution in [1.82, 2.24) is 0 Å². The first-order chi connectivity index (χ1) is 12.6. The van der Waals surface area contributed by atoms with E-state index in [0.29, 0.717) is 26.4 Å². The molecule has 0 unspecified atom stereocenters. The third-order valence-electron chi connectivity index (χ3n) is 3.42. The highest BCUT2D eigenvalue weighted by Crippen LogP contribution is 2.02. The molecule has 0 aromatic rings. The second-order valence-electron chi connectivity index (χ2n) is 5.70.